The number of benzene rings is 2. The van der Waals surface area contributed by atoms with Gasteiger partial charge < -0.3 is 9.47 Å². The summed E-state index contributed by atoms with van der Waals surface area (Å²) in [5.74, 6) is 0.247. The summed E-state index contributed by atoms with van der Waals surface area (Å²) in [4.78, 5) is 30.2. The predicted molar refractivity (Wildman–Crippen MR) is 131 cm³/mol. The minimum absolute atomic E-state index is 0.0618. The molecular weight excluding hydrogens is 410 g/mol. The Bertz CT molecular complexity index is 1170. The highest BCUT2D eigenvalue weighted by molar-refractivity contribution is 5.99. The van der Waals surface area contributed by atoms with Crippen LogP contribution in [0, 0.1) is 13.8 Å². The first-order valence-electron chi connectivity index (χ1n) is 11.9. The zero-order valence-corrected chi connectivity index (χ0v) is 19.5. The number of nitrogens with zero attached hydrogens (tertiary/aromatic N) is 3. The lowest BCUT2D eigenvalue weighted by atomic mass is 10.0. The van der Waals surface area contributed by atoms with Gasteiger partial charge in [-0.2, -0.15) is 0 Å². The van der Waals surface area contributed by atoms with E-state index in [-0.39, 0.29) is 11.7 Å². The van der Waals surface area contributed by atoms with Crippen LogP contribution >= 0.6 is 0 Å². The molecule has 0 radical (unpaired) electrons. The van der Waals surface area contributed by atoms with Gasteiger partial charge in [0.05, 0.1) is 6.54 Å². The van der Waals surface area contributed by atoms with Crippen molar-refractivity contribution in [3.8, 4) is 11.1 Å². The van der Waals surface area contributed by atoms with E-state index in [0.29, 0.717) is 31.2 Å². The second-order valence-electron chi connectivity index (χ2n) is 9.32. The van der Waals surface area contributed by atoms with Crippen LogP contribution in [-0.2, 0) is 0 Å². The third-order valence-corrected chi connectivity index (χ3v) is 6.94. The fourth-order valence-corrected chi connectivity index (χ4v) is 5.00. The van der Waals surface area contributed by atoms with Crippen LogP contribution in [0.15, 0.2) is 60.7 Å². The first-order chi connectivity index (χ1) is 16.0. The number of aromatic nitrogens is 1. The summed E-state index contributed by atoms with van der Waals surface area (Å²) in [6.45, 7) is 7.30. The molecule has 5 heteroatoms. The van der Waals surface area contributed by atoms with E-state index in [1.54, 1.807) is 0 Å². The SMILES string of the molecule is Cc1cc(C(=O)CN2CCN(C(=O)c3cccc(-c4ccccc4)c3)CC2)c(C)n1C1CC1. The Labute approximate surface area is 195 Å². The molecule has 2 aromatic carbocycles. The summed E-state index contributed by atoms with van der Waals surface area (Å²) in [6.07, 6.45) is 2.43. The van der Waals surface area contributed by atoms with Crippen molar-refractivity contribution in [3.63, 3.8) is 0 Å². The van der Waals surface area contributed by atoms with Crippen LogP contribution in [0.1, 0.15) is 51.0 Å². The van der Waals surface area contributed by atoms with Crippen LogP contribution in [0.25, 0.3) is 11.1 Å². The lowest BCUT2D eigenvalue weighted by Crippen LogP contribution is -2.49. The first kappa shape index (κ1) is 21.7. The molecule has 0 atom stereocenters. The molecule has 33 heavy (non-hydrogen) atoms. The molecule has 1 aromatic heterocycles. The molecule has 0 bridgehead atoms. The third-order valence-electron chi connectivity index (χ3n) is 6.94. The highest BCUT2D eigenvalue weighted by atomic mass is 16.2. The fraction of sp³-hybridized carbons (Fsp3) is 0.357. The maximum absolute atomic E-state index is 13.1. The summed E-state index contributed by atoms with van der Waals surface area (Å²) in [7, 11) is 0. The van der Waals surface area contributed by atoms with Gasteiger partial charge in [-0.15, -0.1) is 0 Å². The molecule has 5 nitrogen and oxygen atoms in total. The topological polar surface area (TPSA) is 45.6 Å². The summed E-state index contributed by atoms with van der Waals surface area (Å²) in [5, 5.41) is 0. The first-order valence-corrected chi connectivity index (χ1v) is 11.9. The Balaban J connectivity index is 1.20. The Morgan fingerprint density at radius 2 is 1.55 bits per heavy atom. The minimum Gasteiger partial charge on any atom is -0.345 e. The molecule has 2 heterocycles. The van der Waals surface area contributed by atoms with Crippen LogP contribution < -0.4 is 0 Å². The van der Waals surface area contributed by atoms with Crippen molar-refractivity contribution in [2.75, 3.05) is 32.7 Å². The molecule has 2 aliphatic rings. The van der Waals surface area contributed by atoms with E-state index in [4.69, 9.17) is 0 Å². The zero-order valence-electron chi connectivity index (χ0n) is 19.5. The van der Waals surface area contributed by atoms with E-state index in [2.05, 4.69) is 41.5 Å². The van der Waals surface area contributed by atoms with Crippen molar-refractivity contribution in [2.45, 2.75) is 32.7 Å². The fourth-order valence-electron chi connectivity index (χ4n) is 5.00. The molecule has 2 fully saturated rings. The second-order valence-corrected chi connectivity index (χ2v) is 9.32. The summed E-state index contributed by atoms with van der Waals surface area (Å²) >= 11 is 0. The molecule has 170 valence electrons. The van der Waals surface area contributed by atoms with Crippen molar-refractivity contribution in [1.82, 2.24) is 14.4 Å². The third kappa shape index (κ3) is 4.51. The van der Waals surface area contributed by atoms with Gasteiger partial charge in [0.15, 0.2) is 5.78 Å². The molecule has 5 rings (SSSR count). The van der Waals surface area contributed by atoms with Crippen molar-refractivity contribution in [2.24, 2.45) is 0 Å². The van der Waals surface area contributed by atoms with Gasteiger partial charge in [-0.1, -0.05) is 42.5 Å². The van der Waals surface area contributed by atoms with Crippen molar-refractivity contribution < 1.29 is 9.59 Å². The molecule has 1 aliphatic carbocycles. The lowest BCUT2D eigenvalue weighted by molar-refractivity contribution is 0.0624. The number of amides is 1. The van der Waals surface area contributed by atoms with Gasteiger partial charge >= 0.3 is 0 Å². The number of aryl methyl sites for hydroxylation is 1. The summed E-state index contributed by atoms with van der Waals surface area (Å²) < 4.78 is 2.33. The second kappa shape index (κ2) is 8.99. The Morgan fingerprint density at radius 3 is 2.24 bits per heavy atom. The van der Waals surface area contributed by atoms with Gasteiger partial charge in [0.2, 0.25) is 0 Å². The van der Waals surface area contributed by atoms with Gasteiger partial charge in [-0.05, 0) is 56.0 Å². The van der Waals surface area contributed by atoms with E-state index < -0.39 is 0 Å². The van der Waals surface area contributed by atoms with Crippen molar-refractivity contribution in [3.05, 3.63) is 83.2 Å². The normalized spacial score (nSPS) is 16.7. The maximum Gasteiger partial charge on any atom is 0.253 e. The average Bonchev–Trinajstić information content (AvgIpc) is 3.63. The van der Waals surface area contributed by atoms with E-state index in [9.17, 15) is 9.59 Å². The molecule has 1 aliphatic heterocycles. The monoisotopic (exact) mass is 441 g/mol. The van der Waals surface area contributed by atoms with E-state index in [1.165, 1.54) is 18.5 Å². The molecule has 1 saturated carbocycles. The molecule has 1 saturated heterocycles. The summed E-state index contributed by atoms with van der Waals surface area (Å²) in [6, 6.07) is 20.6. The van der Waals surface area contributed by atoms with Crippen molar-refractivity contribution in [1.29, 1.82) is 0 Å². The Kier molecular flexibility index (Phi) is 5.90. The van der Waals surface area contributed by atoms with Gasteiger partial charge in [0.1, 0.15) is 0 Å². The number of Topliss-reactive ketones (excluding diaryl/α,β-unsaturated/α-hetero) is 1. The molecular formula is C28H31N3O2. The Hall–Kier alpha value is -3.18. The Morgan fingerprint density at radius 1 is 0.848 bits per heavy atom. The zero-order chi connectivity index (χ0) is 22.9. The standard InChI is InChI=1S/C28H31N3O2/c1-20-17-26(21(2)31(20)25-11-12-25)27(32)19-29-13-15-30(16-14-29)28(33)24-10-6-9-23(18-24)22-7-4-3-5-8-22/h3-10,17-18,25H,11-16,19H2,1-2H3. The molecule has 3 aromatic rings. The van der Waals surface area contributed by atoms with Crippen LogP contribution in [-0.4, -0.2) is 58.8 Å². The van der Waals surface area contributed by atoms with E-state index in [0.717, 1.165) is 35.5 Å². The summed E-state index contributed by atoms with van der Waals surface area (Å²) in [5.41, 5.74) is 6.02. The minimum atomic E-state index is 0.0618. The number of carbonyl (C=O) groups excluding carboxylic acids is 2. The van der Waals surface area contributed by atoms with Gasteiger partial charge in [0.25, 0.3) is 5.91 Å². The average molecular weight is 442 g/mol. The highest BCUT2D eigenvalue weighted by Gasteiger charge is 2.29. The van der Waals surface area contributed by atoms with E-state index in [1.807, 2.05) is 47.4 Å². The maximum atomic E-state index is 13.1. The van der Waals surface area contributed by atoms with Gasteiger partial charge in [-0.25, -0.2) is 0 Å². The van der Waals surface area contributed by atoms with Crippen molar-refractivity contribution >= 4 is 11.7 Å². The molecule has 1 amide bonds. The number of hydrogen-bond donors (Lipinski definition) is 0. The van der Waals surface area contributed by atoms with Gasteiger partial charge in [-0.3, -0.25) is 14.5 Å². The van der Waals surface area contributed by atoms with E-state index >= 15 is 0 Å². The molecule has 0 N–H and O–H groups in total. The van der Waals surface area contributed by atoms with Crippen LogP contribution in [0.4, 0.5) is 0 Å². The smallest absolute Gasteiger partial charge is 0.253 e. The van der Waals surface area contributed by atoms with Crippen LogP contribution in [0.5, 0.6) is 0 Å². The number of rotatable bonds is 6. The molecule has 0 spiro atoms. The predicted octanol–water partition coefficient (Wildman–Crippen LogP) is 4.75. The number of carbonyl (C=O) groups is 2. The molecule has 0 unspecified atom stereocenters. The largest absolute Gasteiger partial charge is 0.345 e. The highest BCUT2D eigenvalue weighted by Crippen LogP contribution is 2.38. The van der Waals surface area contributed by atoms with Crippen LogP contribution in [0.3, 0.4) is 0 Å². The number of hydrogen-bond acceptors (Lipinski definition) is 3. The quantitative estimate of drug-likeness (QED) is 0.519. The number of piperazine rings is 1. The lowest BCUT2D eigenvalue weighted by Gasteiger charge is -2.34. The van der Waals surface area contributed by atoms with Gasteiger partial charge in [0, 0.05) is 54.7 Å². The number of ketones is 1. The van der Waals surface area contributed by atoms with Crippen LogP contribution in [0.2, 0.25) is 0 Å².